The number of nitrogen functional groups attached to an aromatic ring is 1. The number of nitrogens with zero attached hydrogens (tertiary/aromatic N) is 1. The molecule has 4 nitrogen and oxygen atoms in total. The molecule has 0 saturated heterocycles. The molecule has 5 heteroatoms. The molecule has 1 unspecified atom stereocenters. The molecule has 2 aromatic rings. The van der Waals surface area contributed by atoms with E-state index >= 15 is 0 Å². The second-order valence-corrected chi connectivity index (χ2v) is 5.05. The van der Waals surface area contributed by atoms with E-state index in [1.54, 1.807) is 6.20 Å². The molecule has 1 aromatic heterocycles. The number of benzene rings is 1. The second kappa shape index (κ2) is 5.64. The number of nitrogens with one attached hydrogen (secondary N) is 1. The Balaban J connectivity index is 1.92. The number of thiazole rings is 1. The van der Waals surface area contributed by atoms with E-state index in [-0.39, 0.29) is 11.8 Å². The van der Waals surface area contributed by atoms with Gasteiger partial charge in [-0.15, -0.1) is 11.3 Å². The number of rotatable bonds is 4. The van der Waals surface area contributed by atoms with Crippen LogP contribution in [0, 0.1) is 0 Å². The molecule has 0 aliphatic rings. The number of aromatic nitrogens is 1. The molecule has 0 bridgehead atoms. The molecular weight excluding hydrogens is 246 g/mol. The molecule has 0 radical (unpaired) electrons. The Morgan fingerprint density at radius 3 is 2.78 bits per heavy atom. The number of carbonyl (C=O) groups is 1. The molecule has 94 valence electrons. The molecule has 0 aliphatic carbocycles. The van der Waals surface area contributed by atoms with Crippen molar-refractivity contribution >= 4 is 28.1 Å². The first-order valence-electron chi connectivity index (χ1n) is 5.70. The zero-order valence-electron chi connectivity index (χ0n) is 10.1. The lowest BCUT2D eigenvalue weighted by Crippen LogP contribution is -2.14. The van der Waals surface area contributed by atoms with Crippen LogP contribution in [0.2, 0.25) is 0 Å². The topological polar surface area (TPSA) is 68.0 Å². The van der Waals surface area contributed by atoms with Gasteiger partial charge in [0.15, 0.2) is 5.13 Å². The first-order valence-corrected chi connectivity index (χ1v) is 6.58. The van der Waals surface area contributed by atoms with Gasteiger partial charge < -0.3 is 11.1 Å². The van der Waals surface area contributed by atoms with Crippen LogP contribution >= 0.6 is 11.3 Å². The third-order valence-corrected chi connectivity index (χ3v) is 3.36. The summed E-state index contributed by atoms with van der Waals surface area (Å²) in [6, 6.07) is 7.61. The summed E-state index contributed by atoms with van der Waals surface area (Å²) in [5, 5.41) is 5.25. The molecule has 0 fully saturated rings. The Morgan fingerprint density at radius 1 is 1.44 bits per heavy atom. The molecule has 2 rings (SSSR count). The molecule has 1 amide bonds. The Bertz CT molecular complexity index is 508. The number of hydrogen-bond acceptors (Lipinski definition) is 4. The normalized spacial score (nSPS) is 12.1. The van der Waals surface area contributed by atoms with Gasteiger partial charge >= 0.3 is 0 Å². The Kier molecular flexibility index (Phi) is 3.94. The van der Waals surface area contributed by atoms with Crippen LogP contribution in [-0.4, -0.2) is 10.9 Å². The van der Waals surface area contributed by atoms with Gasteiger partial charge in [0, 0.05) is 23.7 Å². The van der Waals surface area contributed by atoms with Crippen molar-refractivity contribution in [2.45, 2.75) is 19.3 Å². The second-order valence-electron chi connectivity index (χ2n) is 4.16. The molecule has 18 heavy (non-hydrogen) atoms. The maximum absolute atomic E-state index is 11.8. The number of hydrogen-bond donors (Lipinski definition) is 2. The molecule has 3 N–H and O–H groups in total. The van der Waals surface area contributed by atoms with Crippen LogP contribution in [0.5, 0.6) is 0 Å². The summed E-state index contributed by atoms with van der Waals surface area (Å²) in [4.78, 5) is 15.8. The first kappa shape index (κ1) is 12.6. The largest absolute Gasteiger partial charge is 0.399 e. The van der Waals surface area contributed by atoms with Crippen molar-refractivity contribution in [3.05, 3.63) is 41.4 Å². The molecule has 0 saturated carbocycles. The van der Waals surface area contributed by atoms with Gasteiger partial charge in [-0.05, 0) is 23.6 Å². The van der Waals surface area contributed by atoms with E-state index in [0.717, 1.165) is 11.3 Å². The third kappa shape index (κ3) is 3.30. The average molecular weight is 261 g/mol. The van der Waals surface area contributed by atoms with Crippen LogP contribution in [0.3, 0.4) is 0 Å². The quantitative estimate of drug-likeness (QED) is 0.831. The summed E-state index contributed by atoms with van der Waals surface area (Å²) < 4.78 is 0. The third-order valence-electron chi connectivity index (χ3n) is 2.68. The fourth-order valence-electron chi connectivity index (χ4n) is 1.68. The molecule has 1 heterocycles. The lowest BCUT2D eigenvalue weighted by molar-refractivity contribution is -0.116. The molecule has 1 atom stereocenters. The number of carbonyl (C=O) groups excluding carboxylic acids is 1. The summed E-state index contributed by atoms with van der Waals surface area (Å²) in [5.41, 5.74) is 7.48. The van der Waals surface area contributed by atoms with E-state index in [1.165, 1.54) is 11.3 Å². The van der Waals surface area contributed by atoms with Crippen molar-refractivity contribution in [1.82, 2.24) is 4.98 Å². The van der Waals surface area contributed by atoms with Crippen molar-refractivity contribution in [3.63, 3.8) is 0 Å². The minimum atomic E-state index is -0.0192. The van der Waals surface area contributed by atoms with Gasteiger partial charge in [-0.2, -0.15) is 0 Å². The van der Waals surface area contributed by atoms with E-state index in [4.69, 9.17) is 5.73 Å². The summed E-state index contributed by atoms with van der Waals surface area (Å²) >= 11 is 1.42. The standard InChI is InChI=1S/C13H15N3OS/c1-9(10-2-4-11(14)5-3-10)8-12(17)16-13-15-6-7-18-13/h2-7,9H,8,14H2,1H3,(H,15,16,17). The maximum Gasteiger partial charge on any atom is 0.226 e. The van der Waals surface area contributed by atoms with Gasteiger partial charge in [-0.1, -0.05) is 19.1 Å². The highest BCUT2D eigenvalue weighted by atomic mass is 32.1. The minimum Gasteiger partial charge on any atom is -0.399 e. The average Bonchev–Trinajstić information content (AvgIpc) is 2.82. The van der Waals surface area contributed by atoms with Crippen molar-refractivity contribution < 1.29 is 4.79 Å². The van der Waals surface area contributed by atoms with Crippen LogP contribution < -0.4 is 11.1 Å². The van der Waals surface area contributed by atoms with Gasteiger partial charge in [0.25, 0.3) is 0 Å². The van der Waals surface area contributed by atoms with E-state index in [2.05, 4.69) is 10.3 Å². The van der Waals surface area contributed by atoms with Crippen LogP contribution in [0.4, 0.5) is 10.8 Å². The van der Waals surface area contributed by atoms with Gasteiger partial charge in [0.1, 0.15) is 0 Å². The highest BCUT2D eigenvalue weighted by molar-refractivity contribution is 7.13. The summed E-state index contributed by atoms with van der Waals surface area (Å²) in [7, 11) is 0. The van der Waals surface area contributed by atoms with Crippen LogP contribution in [-0.2, 0) is 4.79 Å². The molecule has 1 aromatic carbocycles. The zero-order valence-corrected chi connectivity index (χ0v) is 10.9. The molecule has 0 spiro atoms. The van der Waals surface area contributed by atoms with Crippen molar-refractivity contribution in [1.29, 1.82) is 0 Å². The molecule has 0 aliphatic heterocycles. The van der Waals surface area contributed by atoms with Crippen LogP contribution in [0.15, 0.2) is 35.8 Å². The van der Waals surface area contributed by atoms with E-state index in [0.29, 0.717) is 11.6 Å². The van der Waals surface area contributed by atoms with E-state index in [1.807, 2.05) is 36.6 Å². The Labute approximate surface area is 110 Å². The zero-order chi connectivity index (χ0) is 13.0. The van der Waals surface area contributed by atoms with Crippen molar-refractivity contribution in [2.24, 2.45) is 0 Å². The Hall–Kier alpha value is -1.88. The fraction of sp³-hybridized carbons (Fsp3) is 0.231. The number of anilines is 2. The highest BCUT2D eigenvalue weighted by Crippen LogP contribution is 2.21. The lowest BCUT2D eigenvalue weighted by Gasteiger charge is -2.11. The van der Waals surface area contributed by atoms with Crippen LogP contribution in [0.25, 0.3) is 0 Å². The van der Waals surface area contributed by atoms with Crippen molar-refractivity contribution in [2.75, 3.05) is 11.1 Å². The van der Waals surface area contributed by atoms with Gasteiger partial charge in [-0.3, -0.25) is 4.79 Å². The number of nitrogens with two attached hydrogens (primary N) is 1. The lowest BCUT2D eigenvalue weighted by atomic mass is 9.97. The predicted octanol–water partition coefficient (Wildman–Crippen LogP) is 2.86. The monoisotopic (exact) mass is 261 g/mol. The Morgan fingerprint density at radius 2 is 2.17 bits per heavy atom. The maximum atomic E-state index is 11.8. The summed E-state index contributed by atoms with van der Waals surface area (Å²) in [5.74, 6) is 0.139. The molecular formula is C13H15N3OS. The fourth-order valence-corrected chi connectivity index (χ4v) is 2.22. The predicted molar refractivity (Wildman–Crippen MR) is 74.6 cm³/mol. The van der Waals surface area contributed by atoms with Crippen molar-refractivity contribution in [3.8, 4) is 0 Å². The minimum absolute atomic E-state index is 0.0192. The van der Waals surface area contributed by atoms with E-state index in [9.17, 15) is 4.79 Å². The first-order chi connectivity index (χ1) is 8.65. The smallest absolute Gasteiger partial charge is 0.226 e. The number of amides is 1. The van der Waals surface area contributed by atoms with Crippen LogP contribution in [0.1, 0.15) is 24.8 Å². The summed E-state index contributed by atoms with van der Waals surface area (Å²) in [6.45, 7) is 2.02. The summed E-state index contributed by atoms with van der Waals surface area (Å²) in [6.07, 6.45) is 2.10. The highest BCUT2D eigenvalue weighted by Gasteiger charge is 2.12. The van der Waals surface area contributed by atoms with Gasteiger partial charge in [-0.25, -0.2) is 4.98 Å². The van der Waals surface area contributed by atoms with Gasteiger partial charge in [0.2, 0.25) is 5.91 Å². The SMILES string of the molecule is CC(CC(=O)Nc1nccs1)c1ccc(N)cc1. The van der Waals surface area contributed by atoms with Gasteiger partial charge in [0.05, 0.1) is 0 Å². The van der Waals surface area contributed by atoms with E-state index < -0.39 is 0 Å².